The lowest BCUT2D eigenvalue weighted by molar-refractivity contribution is 0.102. The Morgan fingerprint density at radius 2 is 2.22 bits per heavy atom. The van der Waals surface area contributed by atoms with Gasteiger partial charge in [0.05, 0.1) is 0 Å². The van der Waals surface area contributed by atoms with Crippen molar-refractivity contribution in [3.05, 3.63) is 0 Å². The van der Waals surface area contributed by atoms with Gasteiger partial charge in [0, 0.05) is 0 Å². The van der Waals surface area contributed by atoms with E-state index in [1.807, 2.05) is 0 Å². The Morgan fingerprint density at radius 3 is 2.33 bits per heavy atom. The van der Waals surface area contributed by atoms with Crippen LogP contribution >= 0.6 is 0 Å². The Hall–Kier alpha value is -0.170. The molecule has 9 heavy (non-hydrogen) atoms. The summed E-state index contributed by atoms with van der Waals surface area (Å²) in [6.45, 7) is 1.46. The molecule has 1 atom stereocenters. The molecule has 0 saturated heterocycles. The Bertz CT molecular complexity index is 161. The lowest BCUT2D eigenvalue weighted by Crippen LogP contribution is -2.22. The normalized spacial score (nSPS) is 15.4. The third-order valence-corrected chi connectivity index (χ3v) is 0.914. The van der Waals surface area contributed by atoms with Crippen LogP contribution in [0.5, 0.6) is 0 Å². The Balaban J connectivity index is 3.53. The second-order valence-corrected chi connectivity index (χ2v) is 2.97. The van der Waals surface area contributed by atoms with Crippen molar-refractivity contribution in [2.45, 2.75) is 13.2 Å². The zero-order valence-corrected chi connectivity index (χ0v) is 5.76. The first-order valence-electron chi connectivity index (χ1n) is 2.24. The lowest BCUT2D eigenvalue weighted by atomic mass is 10.7. The minimum Gasteiger partial charge on any atom is -0.345 e. The van der Waals surface area contributed by atoms with Gasteiger partial charge in [-0.2, -0.15) is 8.42 Å². The van der Waals surface area contributed by atoms with Crippen molar-refractivity contribution in [1.82, 2.24) is 0 Å². The fraction of sp³-hybridized carbons (Fsp3) is 1.00. The number of hydrogen-bond acceptors (Lipinski definition) is 4. The van der Waals surface area contributed by atoms with Crippen LogP contribution in [-0.4, -0.2) is 25.1 Å². The Morgan fingerprint density at radius 1 is 1.78 bits per heavy atom. The van der Waals surface area contributed by atoms with Crippen molar-refractivity contribution < 1.29 is 17.7 Å². The maximum atomic E-state index is 9.91. The smallest absolute Gasteiger partial charge is 0.289 e. The van der Waals surface area contributed by atoms with E-state index in [-0.39, 0.29) is 0 Å². The predicted molar refractivity (Wildman–Crippen MR) is 31.1 cm³/mol. The molecule has 3 N–H and O–H groups in total. The first kappa shape index (κ1) is 8.83. The lowest BCUT2D eigenvalue weighted by Gasteiger charge is -2.03. The number of ether oxygens (including phenoxy) is 1. The molecule has 6 heteroatoms. The van der Waals surface area contributed by atoms with Gasteiger partial charge in [0.25, 0.3) is 10.1 Å². The molecule has 0 aliphatic heterocycles. The van der Waals surface area contributed by atoms with E-state index < -0.39 is 22.3 Å². The second kappa shape index (κ2) is 3.11. The van der Waals surface area contributed by atoms with Crippen molar-refractivity contribution in [3.63, 3.8) is 0 Å². The molecule has 0 aromatic carbocycles. The summed E-state index contributed by atoms with van der Waals surface area (Å²) in [5.74, 6) is -0.745. The molecular formula is C3H9NO4S. The van der Waals surface area contributed by atoms with Gasteiger partial charge in [0.15, 0.2) is 5.94 Å². The van der Waals surface area contributed by atoms with Crippen LogP contribution in [0.2, 0.25) is 0 Å². The van der Waals surface area contributed by atoms with Crippen molar-refractivity contribution in [3.8, 4) is 0 Å². The van der Waals surface area contributed by atoms with Gasteiger partial charge in [-0.3, -0.25) is 4.55 Å². The monoisotopic (exact) mass is 155 g/mol. The molecule has 1 unspecified atom stereocenters. The van der Waals surface area contributed by atoms with E-state index in [9.17, 15) is 8.42 Å². The highest BCUT2D eigenvalue weighted by Gasteiger charge is 2.04. The molecule has 0 radical (unpaired) electrons. The van der Waals surface area contributed by atoms with Crippen molar-refractivity contribution in [2.75, 3.05) is 5.94 Å². The molecule has 0 rings (SSSR count). The maximum Gasteiger partial charge on any atom is 0.289 e. The van der Waals surface area contributed by atoms with Crippen molar-refractivity contribution >= 4 is 10.1 Å². The molecule has 0 fully saturated rings. The van der Waals surface area contributed by atoms with Crippen LogP contribution in [0.1, 0.15) is 6.92 Å². The predicted octanol–water partition coefficient (Wildman–Crippen LogP) is -0.847. The van der Waals surface area contributed by atoms with Crippen molar-refractivity contribution in [2.24, 2.45) is 5.73 Å². The van der Waals surface area contributed by atoms with Gasteiger partial charge in [-0.1, -0.05) is 0 Å². The van der Waals surface area contributed by atoms with Crippen LogP contribution in [0.4, 0.5) is 0 Å². The van der Waals surface area contributed by atoms with E-state index in [2.05, 4.69) is 4.74 Å². The summed E-state index contributed by atoms with van der Waals surface area (Å²) in [6.07, 6.45) is -0.674. The highest BCUT2D eigenvalue weighted by Crippen LogP contribution is 1.85. The van der Waals surface area contributed by atoms with Gasteiger partial charge in [-0.15, -0.1) is 0 Å². The fourth-order valence-electron chi connectivity index (χ4n) is 0.193. The first-order valence-corrected chi connectivity index (χ1v) is 3.85. The SMILES string of the molecule is CC(N)OCS(=O)(=O)O. The molecule has 0 aromatic heterocycles. The van der Waals surface area contributed by atoms with Gasteiger partial charge < -0.3 is 10.5 Å². The maximum absolute atomic E-state index is 9.91. The van der Waals surface area contributed by atoms with Gasteiger partial charge >= 0.3 is 0 Å². The quantitative estimate of drug-likeness (QED) is 0.409. The van der Waals surface area contributed by atoms with Gasteiger partial charge in [0.2, 0.25) is 0 Å². The molecule has 0 spiro atoms. The second-order valence-electron chi connectivity index (χ2n) is 1.57. The highest BCUT2D eigenvalue weighted by atomic mass is 32.2. The third kappa shape index (κ3) is 7.83. The average molecular weight is 155 g/mol. The molecular weight excluding hydrogens is 146 g/mol. The van der Waals surface area contributed by atoms with Crippen LogP contribution < -0.4 is 5.73 Å². The zero-order valence-electron chi connectivity index (χ0n) is 4.94. The summed E-state index contributed by atoms with van der Waals surface area (Å²) in [6, 6.07) is 0. The molecule has 0 aliphatic carbocycles. The number of rotatable bonds is 3. The molecule has 56 valence electrons. The van der Waals surface area contributed by atoms with Crippen LogP contribution in [0, 0.1) is 0 Å². The van der Waals surface area contributed by atoms with Crippen molar-refractivity contribution in [1.29, 1.82) is 0 Å². The molecule has 0 saturated carbocycles. The van der Waals surface area contributed by atoms with Gasteiger partial charge in [-0.05, 0) is 6.92 Å². The Labute approximate surface area is 53.6 Å². The van der Waals surface area contributed by atoms with E-state index in [0.717, 1.165) is 0 Å². The van der Waals surface area contributed by atoms with Crippen LogP contribution in [-0.2, 0) is 14.9 Å². The largest absolute Gasteiger partial charge is 0.345 e. The van der Waals surface area contributed by atoms with E-state index in [4.69, 9.17) is 10.3 Å². The van der Waals surface area contributed by atoms with Crippen LogP contribution in [0.25, 0.3) is 0 Å². The highest BCUT2D eigenvalue weighted by molar-refractivity contribution is 7.85. The van der Waals surface area contributed by atoms with E-state index >= 15 is 0 Å². The summed E-state index contributed by atoms with van der Waals surface area (Å²) >= 11 is 0. The molecule has 0 bridgehead atoms. The first-order chi connectivity index (χ1) is 3.92. The molecule has 0 aromatic rings. The van der Waals surface area contributed by atoms with E-state index in [1.54, 1.807) is 0 Å². The molecule has 0 amide bonds. The summed E-state index contributed by atoms with van der Waals surface area (Å²) in [4.78, 5) is 0. The minimum absolute atomic E-state index is 0.674. The standard InChI is InChI=1S/C3H9NO4S/c1-3(4)8-2-9(5,6)7/h3H,2,4H2,1H3,(H,5,6,7). The fourth-order valence-corrected chi connectivity index (χ4v) is 0.580. The van der Waals surface area contributed by atoms with Crippen LogP contribution in [0.15, 0.2) is 0 Å². The summed E-state index contributed by atoms with van der Waals surface area (Å²) in [5, 5.41) is 0. The van der Waals surface area contributed by atoms with Crippen LogP contribution in [0.3, 0.4) is 0 Å². The Kier molecular flexibility index (Phi) is 3.06. The number of hydrogen-bond donors (Lipinski definition) is 2. The number of nitrogens with two attached hydrogens (primary N) is 1. The van der Waals surface area contributed by atoms with E-state index in [0.29, 0.717) is 0 Å². The summed E-state index contributed by atoms with van der Waals surface area (Å²) in [5.41, 5.74) is 5.00. The van der Waals surface area contributed by atoms with Gasteiger partial charge in [-0.25, -0.2) is 0 Å². The third-order valence-electron chi connectivity index (χ3n) is 0.480. The van der Waals surface area contributed by atoms with Gasteiger partial charge in [0.1, 0.15) is 6.23 Å². The average Bonchev–Trinajstić information content (AvgIpc) is 1.59. The topological polar surface area (TPSA) is 89.6 Å². The zero-order chi connectivity index (χ0) is 7.49. The molecule has 0 aliphatic rings. The minimum atomic E-state index is -4.02. The van der Waals surface area contributed by atoms with E-state index in [1.165, 1.54) is 6.92 Å². The summed E-state index contributed by atoms with van der Waals surface area (Å²) < 4.78 is 32.2. The molecule has 5 nitrogen and oxygen atoms in total. The molecule has 0 heterocycles. The summed E-state index contributed by atoms with van der Waals surface area (Å²) in [7, 11) is -4.02.